The number of carbonyl (C=O) groups is 1. The van der Waals surface area contributed by atoms with Crippen LogP contribution in [-0.2, 0) is 11.2 Å². The fraction of sp³-hybridized carbons (Fsp3) is 0.278. The van der Waals surface area contributed by atoms with Crippen molar-refractivity contribution in [1.29, 1.82) is 0 Å². The molecule has 2 N–H and O–H groups in total. The molecule has 1 fully saturated rings. The van der Waals surface area contributed by atoms with Crippen molar-refractivity contribution in [3.05, 3.63) is 53.6 Å². The van der Waals surface area contributed by atoms with E-state index in [0.717, 1.165) is 12.1 Å². The Morgan fingerprint density at radius 1 is 1.05 bits per heavy atom. The summed E-state index contributed by atoms with van der Waals surface area (Å²) in [6.45, 7) is 0.405. The average Bonchev–Trinajstić information content (AvgIpc) is 3.25. The van der Waals surface area contributed by atoms with Crippen LogP contribution in [0.15, 0.2) is 42.5 Å². The summed E-state index contributed by atoms with van der Waals surface area (Å²) < 4.78 is 0. The van der Waals surface area contributed by atoms with Gasteiger partial charge in [-0.15, -0.1) is 0 Å². The zero-order valence-electron chi connectivity index (χ0n) is 11.9. The van der Waals surface area contributed by atoms with Gasteiger partial charge >= 0.3 is 0 Å². The number of nitrogens with one attached hydrogen (secondary N) is 2. The summed E-state index contributed by atoms with van der Waals surface area (Å²) in [7, 11) is 0. The molecule has 2 aliphatic rings. The van der Waals surface area contributed by atoms with E-state index >= 15 is 0 Å². The number of carbonyl (C=O) groups excluding carboxylic acids is 1. The van der Waals surface area contributed by atoms with Crippen LogP contribution in [-0.4, -0.2) is 18.5 Å². The molecule has 21 heavy (non-hydrogen) atoms. The van der Waals surface area contributed by atoms with E-state index in [-0.39, 0.29) is 5.91 Å². The molecule has 3 nitrogen and oxygen atoms in total. The highest BCUT2D eigenvalue weighted by molar-refractivity contribution is 5.93. The molecule has 4 rings (SSSR count). The molecule has 0 radical (unpaired) electrons. The van der Waals surface area contributed by atoms with E-state index in [1.54, 1.807) is 0 Å². The predicted molar refractivity (Wildman–Crippen MR) is 84.3 cm³/mol. The van der Waals surface area contributed by atoms with Crippen LogP contribution in [0.4, 0.5) is 5.69 Å². The van der Waals surface area contributed by atoms with E-state index in [0.29, 0.717) is 12.6 Å². The topological polar surface area (TPSA) is 41.1 Å². The van der Waals surface area contributed by atoms with Crippen LogP contribution < -0.4 is 10.6 Å². The summed E-state index contributed by atoms with van der Waals surface area (Å²) in [6, 6.07) is 15.3. The van der Waals surface area contributed by atoms with Gasteiger partial charge in [-0.1, -0.05) is 30.3 Å². The second-order valence-electron chi connectivity index (χ2n) is 5.91. The zero-order valence-corrected chi connectivity index (χ0v) is 11.9. The van der Waals surface area contributed by atoms with Gasteiger partial charge in [0.2, 0.25) is 5.91 Å². The van der Waals surface area contributed by atoms with Crippen LogP contribution in [0.2, 0.25) is 0 Å². The molecule has 0 atom stereocenters. The van der Waals surface area contributed by atoms with Crippen molar-refractivity contribution in [2.45, 2.75) is 25.3 Å². The molecule has 0 bridgehead atoms. The maximum absolute atomic E-state index is 11.9. The first-order chi connectivity index (χ1) is 10.3. The molecule has 3 heteroatoms. The van der Waals surface area contributed by atoms with Gasteiger partial charge in [0.05, 0.1) is 6.54 Å². The zero-order chi connectivity index (χ0) is 14.2. The highest BCUT2D eigenvalue weighted by Crippen LogP contribution is 2.37. The van der Waals surface area contributed by atoms with E-state index in [1.165, 1.54) is 35.1 Å². The second-order valence-corrected chi connectivity index (χ2v) is 5.91. The van der Waals surface area contributed by atoms with Gasteiger partial charge < -0.3 is 10.6 Å². The van der Waals surface area contributed by atoms with Crippen molar-refractivity contribution in [3.63, 3.8) is 0 Å². The third-order valence-electron chi connectivity index (χ3n) is 4.21. The summed E-state index contributed by atoms with van der Waals surface area (Å²) in [5, 5.41) is 6.21. The molecule has 0 aliphatic heterocycles. The van der Waals surface area contributed by atoms with Gasteiger partial charge in [0.15, 0.2) is 0 Å². The number of fused-ring (bicyclic) bond motifs is 3. The van der Waals surface area contributed by atoms with Crippen molar-refractivity contribution >= 4 is 11.6 Å². The molecule has 2 aliphatic carbocycles. The summed E-state index contributed by atoms with van der Waals surface area (Å²) >= 11 is 0. The Kier molecular flexibility index (Phi) is 3.00. The van der Waals surface area contributed by atoms with Crippen LogP contribution >= 0.6 is 0 Å². The van der Waals surface area contributed by atoms with Crippen molar-refractivity contribution in [2.24, 2.45) is 0 Å². The Bertz CT molecular complexity index is 704. The number of amides is 1. The minimum atomic E-state index is 0.0392. The lowest BCUT2D eigenvalue weighted by Gasteiger charge is -2.08. The van der Waals surface area contributed by atoms with Gasteiger partial charge in [-0.25, -0.2) is 0 Å². The third-order valence-corrected chi connectivity index (χ3v) is 4.21. The lowest BCUT2D eigenvalue weighted by Crippen LogP contribution is -2.29. The molecule has 0 spiro atoms. The van der Waals surface area contributed by atoms with E-state index in [4.69, 9.17) is 0 Å². The molecule has 1 saturated carbocycles. The fourth-order valence-corrected chi connectivity index (χ4v) is 2.95. The molecule has 1 amide bonds. The quantitative estimate of drug-likeness (QED) is 0.770. The van der Waals surface area contributed by atoms with Crippen molar-refractivity contribution < 1.29 is 4.79 Å². The number of hydrogen-bond donors (Lipinski definition) is 2. The summed E-state index contributed by atoms with van der Waals surface area (Å²) in [6.07, 6.45) is 3.35. The Labute approximate surface area is 124 Å². The molecule has 0 unspecified atom stereocenters. The second kappa shape index (κ2) is 5.01. The lowest BCUT2D eigenvalue weighted by atomic mass is 10.1. The van der Waals surface area contributed by atoms with E-state index in [2.05, 4.69) is 47.0 Å². The number of benzene rings is 2. The molecule has 2 aromatic carbocycles. The largest absolute Gasteiger partial charge is 0.325 e. The minimum Gasteiger partial charge on any atom is -0.325 e. The van der Waals surface area contributed by atoms with Crippen molar-refractivity contribution in [3.8, 4) is 11.1 Å². The molecule has 0 saturated heterocycles. The third kappa shape index (κ3) is 2.57. The van der Waals surface area contributed by atoms with Crippen LogP contribution in [0.3, 0.4) is 0 Å². The Balaban J connectivity index is 1.49. The number of hydrogen-bond acceptors (Lipinski definition) is 2. The maximum Gasteiger partial charge on any atom is 0.238 e. The molecule has 0 aromatic heterocycles. The summed E-state index contributed by atoms with van der Waals surface area (Å²) in [5.74, 6) is 0.0392. The predicted octanol–water partition coefficient (Wildman–Crippen LogP) is 2.95. The molecule has 0 heterocycles. The number of anilines is 1. The summed E-state index contributed by atoms with van der Waals surface area (Å²) in [4.78, 5) is 11.9. The van der Waals surface area contributed by atoms with E-state index < -0.39 is 0 Å². The number of rotatable bonds is 4. The van der Waals surface area contributed by atoms with Gasteiger partial charge in [-0.2, -0.15) is 0 Å². The smallest absolute Gasteiger partial charge is 0.238 e. The SMILES string of the molecule is O=C(CNC1CC1)Nc1ccc2c(c1)Cc1ccccc1-2. The minimum absolute atomic E-state index is 0.0392. The van der Waals surface area contributed by atoms with Crippen LogP contribution in [0.1, 0.15) is 24.0 Å². The molecule has 106 valence electrons. The Morgan fingerprint density at radius 2 is 1.86 bits per heavy atom. The van der Waals surface area contributed by atoms with Gasteiger partial charge in [-0.05, 0) is 53.6 Å². The van der Waals surface area contributed by atoms with E-state index in [9.17, 15) is 4.79 Å². The van der Waals surface area contributed by atoms with Gasteiger partial charge in [0.25, 0.3) is 0 Å². The maximum atomic E-state index is 11.9. The highest BCUT2D eigenvalue weighted by Gasteiger charge is 2.21. The highest BCUT2D eigenvalue weighted by atomic mass is 16.1. The van der Waals surface area contributed by atoms with Crippen LogP contribution in [0, 0.1) is 0 Å². The van der Waals surface area contributed by atoms with Crippen molar-refractivity contribution in [2.75, 3.05) is 11.9 Å². The fourth-order valence-electron chi connectivity index (χ4n) is 2.95. The van der Waals surface area contributed by atoms with Crippen LogP contribution in [0.25, 0.3) is 11.1 Å². The normalized spacial score (nSPS) is 15.4. The van der Waals surface area contributed by atoms with Gasteiger partial charge in [-0.3, -0.25) is 4.79 Å². The molecular weight excluding hydrogens is 260 g/mol. The van der Waals surface area contributed by atoms with E-state index in [1.807, 2.05) is 6.07 Å². The first kappa shape index (κ1) is 12.6. The summed E-state index contributed by atoms with van der Waals surface area (Å²) in [5.41, 5.74) is 6.17. The average molecular weight is 278 g/mol. The molecular formula is C18H18N2O. The lowest BCUT2D eigenvalue weighted by molar-refractivity contribution is -0.115. The van der Waals surface area contributed by atoms with Gasteiger partial charge in [0.1, 0.15) is 0 Å². The van der Waals surface area contributed by atoms with Crippen molar-refractivity contribution in [1.82, 2.24) is 5.32 Å². The first-order valence-corrected chi connectivity index (χ1v) is 7.54. The van der Waals surface area contributed by atoms with Crippen LogP contribution in [0.5, 0.6) is 0 Å². The molecule has 2 aromatic rings. The van der Waals surface area contributed by atoms with Gasteiger partial charge in [0, 0.05) is 11.7 Å². The Morgan fingerprint density at radius 3 is 2.71 bits per heavy atom. The Hall–Kier alpha value is -2.13. The monoisotopic (exact) mass is 278 g/mol. The standard InChI is InChI=1S/C18H18N2O/c21-18(11-19-14-5-6-14)20-15-7-8-17-13(10-15)9-12-3-1-2-4-16(12)17/h1-4,7-8,10,14,19H,5-6,9,11H2,(H,20,21). The first-order valence-electron chi connectivity index (χ1n) is 7.54.